The largest absolute Gasteiger partial charge is 0.492 e. The molecule has 108 valence electrons. The van der Waals surface area contributed by atoms with Crippen LogP contribution in [0.3, 0.4) is 0 Å². The Morgan fingerprint density at radius 3 is 2.76 bits per heavy atom. The average molecular weight is 297 g/mol. The standard InChI is InChI=1S/C18H19NOS/c1-3-7-17-15(6-1)12-19(9-10-20-17)13-16-11-14-5-2-4-8-18(14)21-16/h1-8,16H,9-13H2. The quantitative estimate of drug-likeness (QED) is 0.840. The van der Waals surface area contributed by atoms with Crippen LogP contribution in [0.1, 0.15) is 11.1 Å². The molecule has 2 aliphatic heterocycles. The van der Waals surface area contributed by atoms with Crippen molar-refractivity contribution >= 4 is 11.8 Å². The number of nitrogens with zero attached hydrogens (tertiary/aromatic N) is 1. The summed E-state index contributed by atoms with van der Waals surface area (Å²) in [5.74, 6) is 1.06. The van der Waals surface area contributed by atoms with Gasteiger partial charge in [-0.3, -0.25) is 4.90 Å². The molecule has 2 aromatic carbocycles. The minimum Gasteiger partial charge on any atom is -0.492 e. The highest BCUT2D eigenvalue weighted by Crippen LogP contribution is 2.37. The highest BCUT2D eigenvalue weighted by atomic mass is 32.2. The van der Waals surface area contributed by atoms with Gasteiger partial charge in [-0.15, -0.1) is 11.8 Å². The minimum absolute atomic E-state index is 0.674. The molecule has 0 bridgehead atoms. The van der Waals surface area contributed by atoms with Gasteiger partial charge in [0.2, 0.25) is 0 Å². The van der Waals surface area contributed by atoms with Crippen molar-refractivity contribution in [1.82, 2.24) is 4.90 Å². The molecule has 21 heavy (non-hydrogen) atoms. The fourth-order valence-corrected chi connectivity index (χ4v) is 4.55. The molecular formula is C18H19NOS. The maximum absolute atomic E-state index is 5.86. The van der Waals surface area contributed by atoms with Gasteiger partial charge in [0, 0.05) is 35.3 Å². The Kier molecular flexibility index (Phi) is 3.62. The van der Waals surface area contributed by atoms with Crippen LogP contribution in [0, 0.1) is 0 Å². The molecular weight excluding hydrogens is 278 g/mol. The zero-order valence-electron chi connectivity index (χ0n) is 12.0. The SMILES string of the molecule is c1ccc2c(c1)CN(CC1Cc3ccccc3S1)CCO2. The van der Waals surface area contributed by atoms with E-state index >= 15 is 0 Å². The van der Waals surface area contributed by atoms with Crippen molar-refractivity contribution in [2.24, 2.45) is 0 Å². The van der Waals surface area contributed by atoms with Crippen molar-refractivity contribution < 1.29 is 4.74 Å². The summed E-state index contributed by atoms with van der Waals surface area (Å²) in [6.45, 7) is 3.95. The molecule has 0 amide bonds. The molecule has 0 saturated carbocycles. The maximum atomic E-state index is 5.86. The number of hydrogen-bond acceptors (Lipinski definition) is 3. The number of fused-ring (bicyclic) bond motifs is 2. The lowest BCUT2D eigenvalue weighted by Gasteiger charge is -2.22. The van der Waals surface area contributed by atoms with Gasteiger partial charge in [-0.25, -0.2) is 0 Å². The van der Waals surface area contributed by atoms with Gasteiger partial charge in [-0.1, -0.05) is 36.4 Å². The van der Waals surface area contributed by atoms with Crippen molar-refractivity contribution in [2.45, 2.75) is 23.1 Å². The van der Waals surface area contributed by atoms with Crippen LogP contribution in [-0.4, -0.2) is 29.8 Å². The fourth-order valence-electron chi connectivity index (χ4n) is 3.18. The van der Waals surface area contributed by atoms with E-state index in [4.69, 9.17) is 4.74 Å². The summed E-state index contributed by atoms with van der Waals surface area (Å²) in [4.78, 5) is 4.00. The first-order chi connectivity index (χ1) is 10.4. The third-order valence-corrected chi connectivity index (χ3v) is 5.51. The van der Waals surface area contributed by atoms with Crippen molar-refractivity contribution in [3.63, 3.8) is 0 Å². The summed E-state index contributed by atoms with van der Waals surface area (Å²) in [5, 5.41) is 0.674. The van der Waals surface area contributed by atoms with Crippen LogP contribution >= 0.6 is 11.8 Å². The molecule has 2 aromatic rings. The van der Waals surface area contributed by atoms with Crippen molar-refractivity contribution in [3.05, 3.63) is 59.7 Å². The van der Waals surface area contributed by atoms with Gasteiger partial charge in [0.05, 0.1) is 0 Å². The normalized spacial score (nSPS) is 21.2. The molecule has 1 unspecified atom stereocenters. The third kappa shape index (κ3) is 2.81. The molecule has 0 saturated heterocycles. The number of ether oxygens (including phenoxy) is 1. The molecule has 2 heterocycles. The molecule has 0 aromatic heterocycles. The van der Waals surface area contributed by atoms with Crippen LogP contribution < -0.4 is 4.74 Å². The topological polar surface area (TPSA) is 12.5 Å². The van der Waals surface area contributed by atoms with Gasteiger partial charge in [0.15, 0.2) is 0 Å². The molecule has 2 aliphatic rings. The Hall–Kier alpha value is -1.45. The lowest BCUT2D eigenvalue weighted by atomic mass is 10.1. The fraction of sp³-hybridized carbons (Fsp3) is 0.333. The summed E-state index contributed by atoms with van der Waals surface area (Å²) in [6, 6.07) is 17.2. The highest BCUT2D eigenvalue weighted by Gasteiger charge is 2.25. The molecule has 0 radical (unpaired) electrons. The Balaban J connectivity index is 1.45. The first-order valence-electron chi connectivity index (χ1n) is 7.56. The van der Waals surface area contributed by atoms with Gasteiger partial charge in [0.1, 0.15) is 12.4 Å². The van der Waals surface area contributed by atoms with Crippen molar-refractivity contribution in [3.8, 4) is 5.75 Å². The number of rotatable bonds is 2. The van der Waals surface area contributed by atoms with Crippen molar-refractivity contribution in [1.29, 1.82) is 0 Å². The minimum atomic E-state index is 0.674. The second-order valence-corrected chi connectivity index (χ2v) is 7.09. The van der Waals surface area contributed by atoms with Crippen LogP contribution in [0.5, 0.6) is 5.75 Å². The van der Waals surface area contributed by atoms with E-state index in [9.17, 15) is 0 Å². The Morgan fingerprint density at radius 1 is 1.05 bits per heavy atom. The van der Waals surface area contributed by atoms with Gasteiger partial charge in [-0.2, -0.15) is 0 Å². The van der Waals surface area contributed by atoms with Gasteiger partial charge >= 0.3 is 0 Å². The predicted molar refractivity (Wildman–Crippen MR) is 87.0 cm³/mol. The molecule has 0 N–H and O–H groups in total. The third-order valence-electron chi connectivity index (χ3n) is 4.21. The summed E-state index contributed by atoms with van der Waals surface area (Å²) >= 11 is 2.04. The van der Waals surface area contributed by atoms with Crippen LogP contribution in [0.25, 0.3) is 0 Å². The van der Waals surface area contributed by atoms with E-state index in [1.165, 1.54) is 22.4 Å². The lowest BCUT2D eigenvalue weighted by molar-refractivity contribution is 0.226. The Morgan fingerprint density at radius 2 is 1.86 bits per heavy atom. The summed E-state index contributed by atoms with van der Waals surface area (Å²) < 4.78 is 5.86. The second kappa shape index (κ2) is 5.74. The van der Waals surface area contributed by atoms with E-state index in [1.54, 1.807) is 0 Å². The summed E-state index contributed by atoms with van der Waals surface area (Å²) in [7, 11) is 0. The molecule has 1 atom stereocenters. The Labute approximate surface area is 130 Å². The number of thioether (sulfide) groups is 1. The van der Waals surface area contributed by atoms with E-state index in [2.05, 4.69) is 53.4 Å². The first-order valence-corrected chi connectivity index (χ1v) is 8.44. The maximum Gasteiger partial charge on any atom is 0.123 e. The molecule has 3 heteroatoms. The summed E-state index contributed by atoms with van der Waals surface area (Å²) in [6.07, 6.45) is 1.19. The molecule has 0 spiro atoms. The molecule has 0 fully saturated rings. The van der Waals surface area contributed by atoms with E-state index < -0.39 is 0 Å². The smallest absolute Gasteiger partial charge is 0.123 e. The number of para-hydroxylation sites is 1. The lowest BCUT2D eigenvalue weighted by Crippen LogP contribution is -2.32. The van der Waals surface area contributed by atoms with Crippen LogP contribution in [-0.2, 0) is 13.0 Å². The number of hydrogen-bond donors (Lipinski definition) is 0. The van der Waals surface area contributed by atoms with E-state index in [-0.39, 0.29) is 0 Å². The average Bonchev–Trinajstić information content (AvgIpc) is 2.79. The zero-order valence-corrected chi connectivity index (χ0v) is 12.8. The predicted octanol–water partition coefficient (Wildman–Crippen LogP) is 3.60. The van der Waals surface area contributed by atoms with E-state index in [0.29, 0.717) is 5.25 Å². The van der Waals surface area contributed by atoms with Crippen molar-refractivity contribution in [2.75, 3.05) is 19.7 Å². The van der Waals surface area contributed by atoms with Crippen LogP contribution in [0.15, 0.2) is 53.4 Å². The Bertz CT molecular complexity index is 618. The van der Waals surface area contributed by atoms with Crippen LogP contribution in [0.4, 0.5) is 0 Å². The van der Waals surface area contributed by atoms with Crippen LogP contribution in [0.2, 0.25) is 0 Å². The van der Waals surface area contributed by atoms with E-state index in [1.807, 2.05) is 11.8 Å². The monoisotopic (exact) mass is 297 g/mol. The highest BCUT2D eigenvalue weighted by molar-refractivity contribution is 8.00. The van der Waals surface area contributed by atoms with Gasteiger partial charge in [0.25, 0.3) is 0 Å². The molecule has 4 rings (SSSR count). The first kappa shape index (κ1) is 13.2. The molecule has 2 nitrogen and oxygen atoms in total. The second-order valence-electron chi connectivity index (χ2n) is 5.74. The van der Waals surface area contributed by atoms with Gasteiger partial charge < -0.3 is 4.74 Å². The number of benzene rings is 2. The van der Waals surface area contributed by atoms with Gasteiger partial charge in [-0.05, 0) is 24.1 Å². The van der Waals surface area contributed by atoms with E-state index in [0.717, 1.165) is 32.0 Å². The zero-order chi connectivity index (χ0) is 14.1. The summed E-state index contributed by atoms with van der Waals surface area (Å²) in [5.41, 5.74) is 2.83. The molecule has 0 aliphatic carbocycles.